The van der Waals surface area contributed by atoms with Crippen LogP contribution in [0.4, 0.5) is 5.69 Å². The number of pyridine rings is 1. The minimum atomic E-state index is -0.144. The number of fused-ring (bicyclic) bond motifs is 1. The van der Waals surface area contributed by atoms with Crippen LogP contribution in [0.5, 0.6) is 0 Å². The molecule has 1 aliphatic heterocycles. The van der Waals surface area contributed by atoms with Crippen LogP contribution in [0.1, 0.15) is 21.5 Å². The van der Waals surface area contributed by atoms with Crippen molar-refractivity contribution in [3.63, 3.8) is 0 Å². The van der Waals surface area contributed by atoms with Gasteiger partial charge < -0.3 is 10.1 Å². The fourth-order valence-corrected chi connectivity index (χ4v) is 2.36. The van der Waals surface area contributed by atoms with E-state index >= 15 is 0 Å². The van der Waals surface area contributed by atoms with Gasteiger partial charge in [-0.3, -0.25) is 9.78 Å². The fraction of sp³-hybridized carbons (Fsp3) is 0.143. The molecule has 2 aromatic rings. The van der Waals surface area contributed by atoms with E-state index in [1.54, 1.807) is 18.5 Å². The Morgan fingerprint density at radius 2 is 2.05 bits per heavy atom. The van der Waals surface area contributed by atoms with Crippen LogP contribution >= 0.6 is 15.9 Å². The minimum Gasteiger partial charge on any atom is -0.372 e. The van der Waals surface area contributed by atoms with E-state index in [-0.39, 0.29) is 5.91 Å². The molecule has 3 rings (SSSR count). The van der Waals surface area contributed by atoms with Crippen molar-refractivity contribution in [1.29, 1.82) is 0 Å². The van der Waals surface area contributed by atoms with Crippen molar-refractivity contribution in [2.75, 3.05) is 5.32 Å². The van der Waals surface area contributed by atoms with Crippen LogP contribution in [0.2, 0.25) is 0 Å². The van der Waals surface area contributed by atoms with Crippen molar-refractivity contribution in [3.8, 4) is 0 Å². The maximum atomic E-state index is 12.1. The number of hydrogen-bond acceptors (Lipinski definition) is 3. The van der Waals surface area contributed by atoms with E-state index in [9.17, 15) is 4.79 Å². The standard InChI is InChI=1S/C14H11BrN2O2/c15-12-4-13(6-16-5-12)17-14(18)9-1-2-10-7-19-8-11(10)3-9/h1-6H,7-8H2,(H,17,18). The first kappa shape index (κ1) is 12.3. The average Bonchev–Trinajstić information content (AvgIpc) is 2.85. The number of carbonyl (C=O) groups excluding carboxylic acids is 1. The topological polar surface area (TPSA) is 51.2 Å². The number of halogens is 1. The van der Waals surface area contributed by atoms with E-state index in [4.69, 9.17) is 4.74 Å². The third-order valence-corrected chi connectivity index (χ3v) is 3.38. The number of hydrogen-bond donors (Lipinski definition) is 1. The molecule has 1 aromatic carbocycles. The molecule has 0 aliphatic carbocycles. The summed E-state index contributed by atoms with van der Waals surface area (Å²) in [5, 5.41) is 2.82. The molecule has 0 bridgehead atoms. The van der Waals surface area contributed by atoms with Crippen LogP contribution < -0.4 is 5.32 Å². The van der Waals surface area contributed by atoms with E-state index < -0.39 is 0 Å². The third-order valence-electron chi connectivity index (χ3n) is 2.95. The van der Waals surface area contributed by atoms with E-state index in [1.807, 2.05) is 18.2 Å². The van der Waals surface area contributed by atoms with Crippen LogP contribution in [0.3, 0.4) is 0 Å². The summed E-state index contributed by atoms with van der Waals surface area (Å²) >= 11 is 3.32. The molecule has 19 heavy (non-hydrogen) atoms. The molecule has 0 unspecified atom stereocenters. The molecule has 4 nitrogen and oxygen atoms in total. The molecular formula is C14H11BrN2O2. The number of aromatic nitrogens is 1. The zero-order valence-electron chi connectivity index (χ0n) is 10.0. The molecular weight excluding hydrogens is 308 g/mol. The Labute approximate surface area is 118 Å². The first-order valence-corrected chi connectivity index (χ1v) is 6.63. The number of amides is 1. The normalized spacial score (nSPS) is 13.1. The summed E-state index contributed by atoms with van der Waals surface area (Å²) in [7, 11) is 0. The number of benzene rings is 1. The lowest BCUT2D eigenvalue weighted by molar-refractivity contribution is 0.102. The van der Waals surface area contributed by atoms with Crippen molar-refractivity contribution < 1.29 is 9.53 Å². The van der Waals surface area contributed by atoms with Gasteiger partial charge in [-0.1, -0.05) is 6.07 Å². The molecule has 5 heteroatoms. The van der Waals surface area contributed by atoms with Gasteiger partial charge in [0, 0.05) is 16.2 Å². The lowest BCUT2D eigenvalue weighted by Crippen LogP contribution is -2.12. The number of carbonyl (C=O) groups is 1. The highest BCUT2D eigenvalue weighted by molar-refractivity contribution is 9.10. The van der Waals surface area contributed by atoms with Gasteiger partial charge in [-0.25, -0.2) is 0 Å². The predicted octanol–water partition coefficient (Wildman–Crippen LogP) is 3.13. The van der Waals surface area contributed by atoms with Crippen molar-refractivity contribution >= 4 is 27.5 Å². The summed E-state index contributed by atoms with van der Waals surface area (Å²) in [5.74, 6) is -0.144. The second-order valence-electron chi connectivity index (χ2n) is 4.32. The van der Waals surface area contributed by atoms with Crippen molar-refractivity contribution in [2.24, 2.45) is 0 Å². The zero-order chi connectivity index (χ0) is 13.2. The van der Waals surface area contributed by atoms with Gasteiger partial charge in [-0.2, -0.15) is 0 Å². The molecule has 1 N–H and O–H groups in total. The van der Waals surface area contributed by atoms with E-state index in [1.165, 1.54) is 0 Å². The van der Waals surface area contributed by atoms with Crippen LogP contribution in [-0.2, 0) is 18.0 Å². The summed E-state index contributed by atoms with van der Waals surface area (Å²) < 4.78 is 6.16. The molecule has 0 saturated heterocycles. The molecule has 2 heterocycles. The summed E-state index contributed by atoms with van der Waals surface area (Å²) in [4.78, 5) is 16.1. The molecule has 0 saturated carbocycles. The van der Waals surface area contributed by atoms with Gasteiger partial charge in [0.1, 0.15) is 0 Å². The minimum absolute atomic E-state index is 0.144. The Balaban J connectivity index is 1.81. The van der Waals surface area contributed by atoms with Gasteiger partial charge >= 0.3 is 0 Å². The summed E-state index contributed by atoms with van der Waals surface area (Å²) in [6.07, 6.45) is 3.28. The second kappa shape index (κ2) is 5.11. The second-order valence-corrected chi connectivity index (χ2v) is 5.24. The van der Waals surface area contributed by atoms with Gasteiger partial charge in [-0.15, -0.1) is 0 Å². The Morgan fingerprint density at radius 1 is 1.21 bits per heavy atom. The van der Waals surface area contributed by atoms with Crippen LogP contribution in [0.25, 0.3) is 0 Å². The van der Waals surface area contributed by atoms with Crippen molar-refractivity contribution in [2.45, 2.75) is 13.2 Å². The molecule has 1 aromatic heterocycles. The largest absolute Gasteiger partial charge is 0.372 e. The SMILES string of the molecule is O=C(Nc1cncc(Br)c1)c1ccc2c(c1)COC2. The van der Waals surface area contributed by atoms with Gasteiger partial charge in [0.2, 0.25) is 0 Å². The monoisotopic (exact) mass is 318 g/mol. The molecule has 0 radical (unpaired) electrons. The van der Waals surface area contributed by atoms with Crippen molar-refractivity contribution in [3.05, 3.63) is 57.8 Å². The highest BCUT2D eigenvalue weighted by atomic mass is 79.9. The van der Waals surface area contributed by atoms with Crippen molar-refractivity contribution in [1.82, 2.24) is 4.98 Å². The lowest BCUT2D eigenvalue weighted by Gasteiger charge is -2.06. The highest BCUT2D eigenvalue weighted by Gasteiger charge is 2.14. The number of anilines is 1. The van der Waals surface area contributed by atoms with E-state index in [0.29, 0.717) is 24.5 Å². The smallest absolute Gasteiger partial charge is 0.255 e. The lowest BCUT2D eigenvalue weighted by atomic mass is 10.1. The van der Waals surface area contributed by atoms with E-state index in [2.05, 4.69) is 26.2 Å². The Morgan fingerprint density at radius 3 is 2.89 bits per heavy atom. The summed E-state index contributed by atoms with van der Waals surface area (Å²) in [5.41, 5.74) is 3.53. The maximum Gasteiger partial charge on any atom is 0.255 e. The van der Waals surface area contributed by atoms with Crippen LogP contribution in [0.15, 0.2) is 41.1 Å². The molecule has 1 aliphatic rings. The first-order chi connectivity index (χ1) is 9.22. The molecule has 0 spiro atoms. The quantitative estimate of drug-likeness (QED) is 0.925. The zero-order valence-corrected chi connectivity index (χ0v) is 11.6. The van der Waals surface area contributed by atoms with Gasteiger partial charge in [0.25, 0.3) is 5.91 Å². The number of ether oxygens (including phenoxy) is 1. The first-order valence-electron chi connectivity index (χ1n) is 5.84. The molecule has 0 atom stereocenters. The van der Waals surface area contributed by atoms with Crippen LogP contribution in [0, 0.1) is 0 Å². The highest BCUT2D eigenvalue weighted by Crippen LogP contribution is 2.21. The number of rotatable bonds is 2. The molecule has 0 fully saturated rings. The number of nitrogens with zero attached hydrogens (tertiary/aromatic N) is 1. The van der Waals surface area contributed by atoms with Gasteiger partial charge in [0.05, 0.1) is 25.1 Å². The molecule has 1 amide bonds. The summed E-state index contributed by atoms with van der Waals surface area (Å²) in [6.45, 7) is 1.21. The third kappa shape index (κ3) is 2.67. The van der Waals surface area contributed by atoms with E-state index in [0.717, 1.165) is 15.6 Å². The van der Waals surface area contributed by atoms with Gasteiger partial charge in [-0.05, 0) is 45.3 Å². The Kier molecular flexibility index (Phi) is 3.31. The fourth-order valence-electron chi connectivity index (χ4n) is 2.00. The predicted molar refractivity (Wildman–Crippen MR) is 74.8 cm³/mol. The van der Waals surface area contributed by atoms with Crippen LogP contribution in [-0.4, -0.2) is 10.9 Å². The van der Waals surface area contributed by atoms with Gasteiger partial charge in [0.15, 0.2) is 0 Å². The summed E-state index contributed by atoms with van der Waals surface area (Å²) in [6, 6.07) is 7.44. The maximum absolute atomic E-state index is 12.1. The molecule has 96 valence electrons. The average molecular weight is 319 g/mol. The number of nitrogens with one attached hydrogen (secondary N) is 1. The Bertz CT molecular complexity index is 643. The Hall–Kier alpha value is -1.72.